The first-order valence-corrected chi connectivity index (χ1v) is 11.6. The highest BCUT2D eigenvalue weighted by Crippen LogP contribution is 2.39. The maximum atomic E-state index is 9.89. The van der Waals surface area contributed by atoms with Crippen LogP contribution in [0.25, 0.3) is 6.08 Å². The number of aliphatic hydroxyl groups excluding tert-OH is 1. The van der Waals surface area contributed by atoms with Gasteiger partial charge in [-0.3, -0.25) is 4.31 Å². The van der Waals surface area contributed by atoms with Gasteiger partial charge < -0.3 is 15.6 Å². The van der Waals surface area contributed by atoms with Crippen molar-refractivity contribution in [2.45, 2.75) is 31.9 Å². The lowest BCUT2D eigenvalue weighted by Gasteiger charge is -2.27. The zero-order valence-corrected chi connectivity index (χ0v) is 19.9. The van der Waals surface area contributed by atoms with Crippen LogP contribution in [0, 0.1) is 11.8 Å². The Morgan fingerprint density at radius 1 is 1.22 bits per heavy atom. The van der Waals surface area contributed by atoms with E-state index in [-0.39, 0.29) is 13.2 Å². The molecule has 0 amide bonds. The van der Waals surface area contributed by atoms with E-state index in [9.17, 15) is 5.11 Å². The first kappa shape index (κ1) is 24.8. The van der Waals surface area contributed by atoms with Crippen molar-refractivity contribution >= 4 is 24.0 Å². The van der Waals surface area contributed by atoms with Gasteiger partial charge in [-0.05, 0) is 59.6 Å². The molecule has 2 aromatic rings. The second kappa shape index (κ2) is 11.8. The Morgan fingerprint density at radius 3 is 2.62 bits per heavy atom. The molecule has 6 nitrogen and oxygen atoms in total. The van der Waals surface area contributed by atoms with Crippen LogP contribution in [-0.4, -0.2) is 38.0 Å². The number of nitrogens with zero attached hydrogens (tertiary/aromatic N) is 1. The van der Waals surface area contributed by atoms with Gasteiger partial charge in [0.25, 0.3) is 0 Å². The van der Waals surface area contributed by atoms with E-state index in [1.54, 1.807) is 0 Å². The molecule has 0 spiro atoms. The molecule has 174 valence electrons. The van der Waals surface area contributed by atoms with Crippen LogP contribution in [0.4, 0.5) is 5.69 Å². The highest BCUT2D eigenvalue weighted by Gasteiger charge is 2.29. The molecule has 32 heavy (non-hydrogen) atoms. The Balaban J connectivity index is 1.67. The summed E-state index contributed by atoms with van der Waals surface area (Å²) in [6, 6.07) is 16.2. The first-order chi connectivity index (χ1) is 15.4. The fourth-order valence-electron chi connectivity index (χ4n) is 3.56. The Bertz CT molecular complexity index is 880. The number of allylic oxidation sites excluding steroid dienone is 1. The molecule has 0 saturated heterocycles. The summed E-state index contributed by atoms with van der Waals surface area (Å²) in [6.07, 6.45) is 6.26. The van der Waals surface area contributed by atoms with Crippen LogP contribution in [0.1, 0.15) is 30.0 Å². The average molecular weight is 459 g/mol. The molecule has 3 unspecified atom stereocenters. The molecule has 2 aromatic carbocycles. The molecule has 0 bridgehead atoms. The van der Waals surface area contributed by atoms with E-state index in [1.807, 2.05) is 41.7 Å². The van der Waals surface area contributed by atoms with Gasteiger partial charge in [-0.25, -0.2) is 4.89 Å². The number of hydrogen-bond donors (Lipinski definition) is 2. The molecule has 3 N–H and O–H groups in total. The SMILES string of the molecule is COOSN(C)c1cc(/C=C\C2CC2C)cc(COCC(N)(CO)Cc2ccccc2)c1. The number of rotatable bonds is 13. The number of hydrogen-bond acceptors (Lipinski definition) is 7. The van der Waals surface area contributed by atoms with E-state index < -0.39 is 5.54 Å². The minimum Gasteiger partial charge on any atom is -0.394 e. The van der Waals surface area contributed by atoms with Gasteiger partial charge in [0, 0.05) is 12.7 Å². The molecule has 0 heterocycles. The monoisotopic (exact) mass is 458 g/mol. The van der Waals surface area contributed by atoms with Gasteiger partial charge in [0.1, 0.15) is 0 Å². The molecule has 1 saturated carbocycles. The molecular formula is C25H34N2O4S. The lowest BCUT2D eigenvalue weighted by molar-refractivity contribution is -0.160. The molecule has 3 rings (SSSR count). The second-order valence-corrected chi connectivity index (χ2v) is 9.48. The Kier molecular flexibility index (Phi) is 9.16. The minimum atomic E-state index is -0.831. The maximum absolute atomic E-state index is 9.89. The standard InChI is InChI=1S/C25H34N2O4S/c1-19-11-23(19)10-9-21-12-22(14-24(13-21)27(2)32-31-29-3)16-30-18-25(26,17-28)15-20-7-5-4-6-8-20/h4-10,12-14,19,23,28H,11,15-18,26H2,1-3H3/b10-9-. The van der Waals surface area contributed by atoms with E-state index in [0.717, 1.165) is 40.5 Å². The van der Waals surface area contributed by atoms with Crippen LogP contribution >= 0.6 is 12.2 Å². The van der Waals surface area contributed by atoms with Crippen molar-refractivity contribution in [3.05, 3.63) is 71.3 Å². The van der Waals surface area contributed by atoms with E-state index in [0.29, 0.717) is 18.9 Å². The Morgan fingerprint density at radius 2 is 1.97 bits per heavy atom. The summed E-state index contributed by atoms with van der Waals surface area (Å²) in [5.74, 6) is 1.44. The summed E-state index contributed by atoms with van der Waals surface area (Å²) in [6.45, 7) is 2.77. The van der Waals surface area contributed by atoms with Gasteiger partial charge in [0.15, 0.2) is 12.2 Å². The quantitative estimate of drug-likeness (QED) is 0.200. The molecule has 0 aromatic heterocycles. The van der Waals surface area contributed by atoms with Crippen molar-refractivity contribution in [1.29, 1.82) is 0 Å². The topological polar surface area (TPSA) is 77.2 Å². The second-order valence-electron chi connectivity index (χ2n) is 8.65. The smallest absolute Gasteiger partial charge is 0.151 e. The predicted molar refractivity (Wildman–Crippen MR) is 131 cm³/mol. The molecule has 3 atom stereocenters. The Labute approximate surface area is 195 Å². The largest absolute Gasteiger partial charge is 0.394 e. The van der Waals surface area contributed by atoms with Crippen molar-refractivity contribution < 1.29 is 19.1 Å². The maximum Gasteiger partial charge on any atom is 0.151 e. The number of aliphatic hydroxyl groups is 1. The third-order valence-corrected chi connectivity index (χ3v) is 6.28. The summed E-state index contributed by atoms with van der Waals surface area (Å²) in [5.41, 5.74) is 9.78. The van der Waals surface area contributed by atoms with Crippen molar-refractivity contribution in [3.63, 3.8) is 0 Å². The fraction of sp³-hybridized carbons (Fsp3) is 0.440. The van der Waals surface area contributed by atoms with Gasteiger partial charge in [-0.15, -0.1) is 4.33 Å². The fourth-order valence-corrected chi connectivity index (χ4v) is 3.90. The lowest BCUT2D eigenvalue weighted by atomic mass is 9.93. The van der Waals surface area contributed by atoms with E-state index in [1.165, 1.54) is 13.5 Å². The first-order valence-electron chi connectivity index (χ1n) is 10.9. The van der Waals surface area contributed by atoms with E-state index >= 15 is 0 Å². The molecular weight excluding hydrogens is 424 g/mol. The van der Waals surface area contributed by atoms with Crippen LogP contribution in [0.5, 0.6) is 0 Å². The van der Waals surface area contributed by atoms with Gasteiger partial charge in [0.2, 0.25) is 0 Å². The summed E-state index contributed by atoms with van der Waals surface area (Å²) in [5, 5.41) is 9.89. The molecule has 0 aliphatic heterocycles. The van der Waals surface area contributed by atoms with Gasteiger partial charge >= 0.3 is 0 Å². The number of ether oxygens (including phenoxy) is 1. The normalized spacial score (nSPS) is 19.8. The molecule has 1 aliphatic carbocycles. The lowest BCUT2D eigenvalue weighted by Crippen LogP contribution is -2.50. The highest BCUT2D eigenvalue weighted by atomic mass is 32.2. The molecule has 1 aliphatic rings. The molecule has 0 radical (unpaired) electrons. The zero-order valence-electron chi connectivity index (χ0n) is 19.1. The van der Waals surface area contributed by atoms with E-state index in [4.69, 9.17) is 19.7 Å². The van der Waals surface area contributed by atoms with Crippen LogP contribution in [-0.2, 0) is 27.0 Å². The summed E-state index contributed by atoms with van der Waals surface area (Å²) < 4.78 is 12.9. The number of nitrogens with two attached hydrogens (primary N) is 1. The van der Waals surface area contributed by atoms with Crippen molar-refractivity contribution in [3.8, 4) is 0 Å². The molecule has 7 heteroatoms. The Hall–Kier alpha value is -1.87. The molecule has 1 fully saturated rings. The third kappa shape index (κ3) is 7.62. The van der Waals surface area contributed by atoms with Crippen LogP contribution in [0.2, 0.25) is 0 Å². The number of benzene rings is 2. The van der Waals surface area contributed by atoms with E-state index in [2.05, 4.69) is 37.3 Å². The third-order valence-electron chi connectivity index (χ3n) is 5.65. The van der Waals surface area contributed by atoms with Crippen LogP contribution < -0.4 is 10.0 Å². The summed E-state index contributed by atoms with van der Waals surface area (Å²) in [4.78, 5) is 4.70. The van der Waals surface area contributed by atoms with Crippen LogP contribution in [0.15, 0.2) is 54.6 Å². The number of anilines is 1. The van der Waals surface area contributed by atoms with Crippen LogP contribution in [0.3, 0.4) is 0 Å². The van der Waals surface area contributed by atoms with Gasteiger partial charge in [-0.2, -0.15) is 0 Å². The minimum absolute atomic E-state index is 0.150. The van der Waals surface area contributed by atoms with Crippen molar-refractivity contribution in [2.75, 3.05) is 31.7 Å². The van der Waals surface area contributed by atoms with Gasteiger partial charge in [-0.1, -0.05) is 49.4 Å². The predicted octanol–water partition coefficient (Wildman–Crippen LogP) is 4.38. The highest BCUT2D eigenvalue weighted by molar-refractivity contribution is 7.95. The summed E-state index contributed by atoms with van der Waals surface area (Å²) in [7, 11) is 3.39. The van der Waals surface area contributed by atoms with Crippen molar-refractivity contribution in [1.82, 2.24) is 0 Å². The summed E-state index contributed by atoms with van der Waals surface area (Å²) >= 11 is 1.11. The average Bonchev–Trinajstić information content (AvgIpc) is 3.51. The van der Waals surface area contributed by atoms with Gasteiger partial charge in [0.05, 0.1) is 32.5 Å². The zero-order chi connectivity index (χ0) is 23.0. The van der Waals surface area contributed by atoms with Crippen molar-refractivity contribution in [2.24, 2.45) is 17.6 Å².